The van der Waals surface area contributed by atoms with Crippen molar-refractivity contribution in [1.82, 2.24) is 4.98 Å². The third kappa shape index (κ3) is 4.17. The summed E-state index contributed by atoms with van der Waals surface area (Å²) >= 11 is 1.47. The van der Waals surface area contributed by atoms with Gasteiger partial charge in [-0.1, -0.05) is 41.7 Å². The first kappa shape index (κ1) is 23.1. The van der Waals surface area contributed by atoms with E-state index in [1.807, 2.05) is 48.5 Å². The fourth-order valence-corrected chi connectivity index (χ4v) is 7.30. The zero-order valence-electron chi connectivity index (χ0n) is 19.5. The molecule has 3 aromatic carbocycles. The van der Waals surface area contributed by atoms with Crippen LogP contribution in [0, 0.1) is 0 Å². The van der Waals surface area contributed by atoms with Gasteiger partial charge in [-0.25, -0.2) is 13.4 Å². The van der Waals surface area contributed by atoms with Crippen molar-refractivity contribution < 1.29 is 17.9 Å². The summed E-state index contributed by atoms with van der Waals surface area (Å²) in [7, 11) is -3.72. The number of sulfonamides is 1. The number of carbonyl (C=O) groups excluding carboxylic acids is 1. The molecule has 7 nitrogen and oxygen atoms in total. The Kier molecular flexibility index (Phi) is 5.99. The number of hydrogen-bond acceptors (Lipinski definition) is 6. The molecular formula is C27H25N3O4S2. The van der Waals surface area contributed by atoms with Crippen LogP contribution in [0.1, 0.15) is 28.8 Å². The van der Waals surface area contributed by atoms with Gasteiger partial charge in [-0.15, -0.1) is 0 Å². The summed E-state index contributed by atoms with van der Waals surface area (Å²) in [4.78, 5) is 20.2. The van der Waals surface area contributed by atoms with Gasteiger partial charge in [0.2, 0.25) is 0 Å². The molecule has 3 heterocycles. The lowest BCUT2D eigenvalue weighted by Crippen LogP contribution is -2.37. The Morgan fingerprint density at radius 2 is 1.83 bits per heavy atom. The van der Waals surface area contributed by atoms with Crippen molar-refractivity contribution in [3.63, 3.8) is 0 Å². The van der Waals surface area contributed by atoms with Crippen LogP contribution in [0.25, 0.3) is 10.2 Å². The number of nitrogens with zero attached hydrogens (tertiary/aromatic N) is 3. The molecule has 184 valence electrons. The maximum absolute atomic E-state index is 13.7. The summed E-state index contributed by atoms with van der Waals surface area (Å²) in [5.41, 5.74) is 2.99. The minimum atomic E-state index is -3.72. The summed E-state index contributed by atoms with van der Waals surface area (Å²) in [5, 5.41) is 0.613. The van der Waals surface area contributed by atoms with Crippen LogP contribution in [0.15, 0.2) is 77.7 Å². The molecule has 0 N–H and O–H groups in total. The SMILES string of the molecule is O=C(c1ccc(S(=O)(=O)N2CCc3ccccc32)cc1)N(CC1CCCO1)c1nc2ccccc2s1. The molecule has 6 rings (SSSR count). The van der Waals surface area contributed by atoms with E-state index in [0.29, 0.717) is 36.8 Å². The standard InChI is InChI=1S/C27H25N3O4S2/c31-26(29(18-21-7-5-17-34-21)27-28-23-8-2-4-10-25(23)35-27)20-11-13-22(14-12-20)36(32,33)30-16-15-19-6-1-3-9-24(19)30/h1-4,6,8-14,21H,5,7,15-18H2. The number of para-hydroxylation sites is 2. The van der Waals surface area contributed by atoms with Crippen LogP contribution in [0.5, 0.6) is 0 Å². The normalized spacial score (nSPS) is 17.4. The molecule has 1 amide bonds. The number of amides is 1. The molecule has 0 bridgehead atoms. The maximum atomic E-state index is 13.7. The fourth-order valence-electron chi connectivity index (χ4n) is 4.83. The third-order valence-electron chi connectivity index (χ3n) is 6.70. The van der Waals surface area contributed by atoms with Crippen molar-refractivity contribution in [2.45, 2.75) is 30.3 Å². The molecule has 1 unspecified atom stereocenters. The number of fused-ring (bicyclic) bond motifs is 2. The summed E-state index contributed by atoms with van der Waals surface area (Å²) in [6.45, 7) is 1.51. The van der Waals surface area contributed by atoms with E-state index >= 15 is 0 Å². The molecule has 0 spiro atoms. The molecular weight excluding hydrogens is 494 g/mol. The second-order valence-electron chi connectivity index (χ2n) is 9.00. The number of thiazole rings is 1. The van der Waals surface area contributed by atoms with Gasteiger partial charge in [0.05, 0.1) is 33.4 Å². The van der Waals surface area contributed by atoms with E-state index in [1.165, 1.54) is 27.8 Å². The number of aromatic nitrogens is 1. The molecule has 0 aliphatic carbocycles. The Morgan fingerprint density at radius 1 is 1.06 bits per heavy atom. The van der Waals surface area contributed by atoms with Crippen molar-refractivity contribution in [3.8, 4) is 0 Å². The average molecular weight is 520 g/mol. The fraction of sp³-hybridized carbons (Fsp3) is 0.259. The predicted octanol–water partition coefficient (Wildman–Crippen LogP) is 4.87. The van der Waals surface area contributed by atoms with Gasteiger partial charge >= 0.3 is 0 Å². The molecule has 1 atom stereocenters. The minimum absolute atomic E-state index is 0.0455. The Labute approximate surface area is 214 Å². The second-order valence-corrected chi connectivity index (χ2v) is 11.9. The highest BCUT2D eigenvalue weighted by atomic mass is 32.2. The third-order valence-corrected chi connectivity index (χ3v) is 9.59. The molecule has 1 fully saturated rings. The largest absolute Gasteiger partial charge is 0.376 e. The molecule has 2 aliphatic heterocycles. The summed E-state index contributed by atoms with van der Waals surface area (Å²) in [6.07, 6.45) is 2.50. The van der Waals surface area contributed by atoms with Gasteiger partial charge in [-0.3, -0.25) is 14.0 Å². The molecule has 2 aliphatic rings. The van der Waals surface area contributed by atoms with Gasteiger partial charge in [0.15, 0.2) is 5.13 Å². The van der Waals surface area contributed by atoms with Crippen LogP contribution in [-0.2, 0) is 21.2 Å². The van der Waals surface area contributed by atoms with Gasteiger partial charge in [0.25, 0.3) is 15.9 Å². The number of hydrogen-bond donors (Lipinski definition) is 0. The van der Waals surface area contributed by atoms with Crippen molar-refractivity contribution >= 4 is 48.3 Å². The van der Waals surface area contributed by atoms with E-state index < -0.39 is 10.0 Å². The zero-order valence-corrected chi connectivity index (χ0v) is 21.2. The second kappa shape index (κ2) is 9.31. The maximum Gasteiger partial charge on any atom is 0.264 e. The lowest BCUT2D eigenvalue weighted by Gasteiger charge is -2.23. The Morgan fingerprint density at radius 3 is 2.61 bits per heavy atom. The van der Waals surface area contributed by atoms with Gasteiger partial charge in [0.1, 0.15) is 0 Å². The van der Waals surface area contributed by atoms with Gasteiger partial charge in [0, 0.05) is 18.7 Å². The van der Waals surface area contributed by atoms with Crippen LogP contribution in [0.3, 0.4) is 0 Å². The smallest absolute Gasteiger partial charge is 0.264 e. The van der Waals surface area contributed by atoms with E-state index in [0.717, 1.165) is 34.3 Å². The monoisotopic (exact) mass is 519 g/mol. The molecule has 1 saturated heterocycles. The highest BCUT2D eigenvalue weighted by Crippen LogP contribution is 2.34. The molecule has 4 aromatic rings. The molecule has 0 radical (unpaired) electrons. The van der Waals surface area contributed by atoms with Crippen LogP contribution < -0.4 is 9.21 Å². The summed E-state index contributed by atoms with van der Waals surface area (Å²) in [6, 6.07) is 21.6. The molecule has 0 saturated carbocycles. The lowest BCUT2D eigenvalue weighted by molar-refractivity contribution is 0.0917. The quantitative estimate of drug-likeness (QED) is 0.363. The Bertz CT molecular complexity index is 1490. The van der Waals surface area contributed by atoms with Crippen molar-refractivity contribution in [2.75, 3.05) is 28.9 Å². The molecule has 9 heteroatoms. The first-order valence-electron chi connectivity index (χ1n) is 12.0. The molecule has 36 heavy (non-hydrogen) atoms. The van der Waals surface area contributed by atoms with E-state index in [-0.39, 0.29) is 16.9 Å². The number of rotatable bonds is 6. The van der Waals surface area contributed by atoms with Gasteiger partial charge < -0.3 is 4.74 Å². The van der Waals surface area contributed by atoms with Gasteiger partial charge in [-0.05, 0) is 67.3 Å². The van der Waals surface area contributed by atoms with E-state index in [2.05, 4.69) is 0 Å². The summed E-state index contributed by atoms with van der Waals surface area (Å²) < 4.78 is 35.0. The van der Waals surface area contributed by atoms with E-state index in [4.69, 9.17) is 9.72 Å². The highest BCUT2D eigenvalue weighted by Gasteiger charge is 2.31. The van der Waals surface area contributed by atoms with Crippen LogP contribution in [-0.4, -0.2) is 45.1 Å². The number of ether oxygens (including phenoxy) is 1. The number of anilines is 2. The number of carbonyl (C=O) groups is 1. The van der Waals surface area contributed by atoms with E-state index in [1.54, 1.807) is 17.0 Å². The van der Waals surface area contributed by atoms with Crippen molar-refractivity contribution in [3.05, 3.63) is 83.9 Å². The minimum Gasteiger partial charge on any atom is -0.376 e. The predicted molar refractivity (Wildman–Crippen MR) is 141 cm³/mol. The first-order chi connectivity index (χ1) is 17.5. The Balaban J connectivity index is 1.29. The Hall–Kier alpha value is -3.27. The first-order valence-corrected chi connectivity index (χ1v) is 14.3. The van der Waals surface area contributed by atoms with Crippen LogP contribution in [0.2, 0.25) is 0 Å². The van der Waals surface area contributed by atoms with Crippen LogP contribution >= 0.6 is 11.3 Å². The molecule has 1 aromatic heterocycles. The zero-order chi connectivity index (χ0) is 24.7. The summed E-state index contributed by atoms with van der Waals surface area (Å²) in [5.74, 6) is -0.222. The number of benzene rings is 3. The van der Waals surface area contributed by atoms with Crippen LogP contribution in [0.4, 0.5) is 10.8 Å². The highest BCUT2D eigenvalue weighted by molar-refractivity contribution is 7.92. The lowest BCUT2D eigenvalue weighted by atomic mass is 10.2. The van der Waals surface area contributed by atoms with Gasteiger partial charge in [-0.2, -0.15) is 0 Å². The topological polar surface area (TPSA) is 79.8 Å². The van der Waals surface area contributed by atoms with Crippen molar-refractivity contribution in [2.24, 2.45) is 0 Å². The average Bonchev–Trinajstić information content (AvgIpc) is 3.66. The van der Waals surface area contributed by atoms with E-state index in [9.17, 15) is 13.2 Å². The van der Waals surface area contributed by atoms with Crippen molar-refractivity contribution in [1.29, 1.82) is 0 Å².